The Morgan fingerprint density at radius 3 is 2.54 bits per heavy atom. The minimum atomic E-state index is -1.40. The minimum Gasteiger partial charge on any atom is -0.496 e. The largest absolute Gasteiger partial charge is 0.496 e. The smallest absolute Gasteiger partial charge is 0.341 e. The van der Waals surface area contributed by atoms with Gasteiger partial charge in [-0.25, -0.2) is 9.18 Å². The van der Waals surface area contributed by atoms with Crippen LogP contribution in [0, 0.1) is 5.82 Å². The molecule has 39 heavy (non-hydrogen) atoms. The molecule has 2 atom stereocenters. The zero-order chi connectivity index (χ0) is 28.3. The van der Waals surface area contributed by atoms with Crippen LogP contribution in [0.1, 0.15) is 41.4 Å². The Labute approximate surface area is 230 Å². The van der Waals surface area contributed by atoms with Gasteiger partial charge >= 0.3 is 5.97 Å². The molecule has 2 aromatic carbocycles. The van der Waals surface area contributed by atoms with Crippen LogP contribution < -0.4 is 15.1 Å². The molecule has 2 N–H and O–H groups in total. The van der Waals surface area contributed by atoms with Crippen molar-refractivity contribution in [3.8, 4) is 5.75 Å². The van der Waals surface area contributed by atoms with Gasteiger partial charge in [0.25, 0.3) is 0 Å². The molecule has 1 saturated heterocycles. The predicted octanol–water partition coefficient (Wildman–Crippen LogP) is 3.89. The van der Waals surface area contributed by atoms with Crippen molar-refractivity contribution in [3.63, 3.8) is 0 Å². The highest BCUT2D eigenvalue weighted by Crippen LogP contribution is 2.33. The van der Waals surface area contributed by atoms with Gasteiger partial charge in [0.05, 0.1) is 49.6 Å². The summed E-state index contributed by atoms with van der Waals surface area (Å²) in [7, 11) is 1.46. The summed E-state index contributed by atoms with van der Waals surface area (Å²) in [4.78, 5) is 27.3. The van der Waals surface area contributed by atoms with Crippen molar-refractivity contribution in [1.82, 2.24) is 4.57 Å². The Morgan fingerprint density at radius 1 is 1.21 bits per heavy atom. The van der Waals surface area contributed by atoms with E-state index in [4.69, 9.17) is 25.8 Å². The lowest BCUT2D eigenvalue weighted by Gasteiger charge is -2.29. The summed E-state index contributed by atoms with van der Waals surface area (Å²) >= 11 is 6.26. The van der Waals surface area contributed by atoms with E-state index in [1.165, 1.54) is 23.9 Å². The maximum Gasteiger partial charge on any atom is 0.341 e. The van der Waals surface area contributed by atoms with E-state index >= 15 is 4.39 Å². The van der Waals surface area contributed by atoms with E-state index in [1.807, 2.05) is 6.92 Å². The Morgan fingerprint density at radius 2 is 1.92 bits per heavy atom. The van der Waals surface area contributed by atoms with Crippen LogP contribution in [0.15, 0.2) is 35.3 Å². The fourth-order valence-electron chi connectivity index (χ4n) is 4.98. The third-order valence-corrected chi connectivity index (χ3v) is 7.30. The van der Waals surface area contributed by atoms with E-state index in [9.17, 15) is 19.8 Å². The van der Waals surface area contributed by atoms with Crippen LogP contribution in [0.5, 0.6) is 5.75 Å². The maximum atomic E-state index is 15.2. The molecule has 11 heteroatoms. The Hall–Kier alpha value is -3.18. The molecule has 0 radical (unpaired) electrons. The molecular formula is C28H32ClFN2O7. The van der Waals surface area contributed by atoms with E-state index in [0.717, 1.165) is 5.69 Å². The van der Waals surface area contributed by atoms with Crippen LogP contribution >= 0.6 is 11.6 Å². The van der Waals surface area contributed by atoms with Gasteiger partial charge in [-0.3, -0.25) is 4.79 Å². The lowest BCUT2D eigenvalue weighted by atomic mass is 9.99. The number of carbonyl (C=O) groups is 1. The lowest BCUT2D eigenvalue weighted by Crippen LogP contribution is -2.36. The van der Waals surface area contributed by atoms with Crippen LogP contribution in [0.2, 0.25) is 5.02 Å². The van der Waals surface area contributed by atoms with Gasteiger partial charge in [0.1, 0.15) is 17.1 Å². The highest BCUT2D eigenvalue weighted by atomic mass is 35.5. The number of aliphatic hydroxyl groups is 1. The quantitative estimate of drug-likeness (QED) is 0.383. The number of aromatic nitrogens is 1. The van der Waals surface area contributed by atoms with Crippen LogP contribution in [0.3, 0.4) is 0 Å². The van der Waals surface area contributed by atoms with Crippen molar-refractivity contribution in [2.45, 2.75) is 32.4 Å². The van der Waals surface area contributed by atoms with Gasteiger partial charge in [-0.05, 0) is 43.2 Å². The molecule has 0 amide bonds. The Kier molecular flexibility index (Phi) is 9.12. The Bertz CT molecular complexity index is 1420. The predicted molar refractivity (Wildman–Crippen MR) is 146 cm³/mol. The Balaban J connectivity index is 1.88. The van der Waals surface area contributed by atoms with Crippen LogP contribution in [-0.2, 0) is 15.9 Å². The number of methoxy groups -OCH3 is 1. The van der Waals surface area contributed by atoms with Gasteiger partial charge < -0.3 is 33.9 Å². The van der Waals surface area contributed by atoms with Crippen molar-refractivity contribution < 1.29 is 33.6 Å². The molecule has 1 aromatic heterocycles. The molecule has 1 aliphatic rings. The second-order valence-corrected chi connectivity index (χ2v) is 9.76. The number of carboxylic acids is 1. The van der Waals surface area contributed by atoms with Gasteiger partial charge in [0.2, 0.25) is 5.43 Å². The van der Waals surface area contributed by atoms with Crippen molar-refractivity contribution in [3.05, 3.63) is 68.2 Å². The standard InChI is InChI=1S/C28H32ClFN2O7/c1-4-39-16(2)24(15-33)32-14-21(28(35)36)27(34)20-11-17(25(37-3)13-23(20)32)9-18-10-19(12-22(29)26(18)30)31-5-7-38-8-6-31/h10-14,16,24,33H,4-9,15H2,1-3H3,(H,35,36). The molecule has 1 fully saturated rings. The van der Waals surface area contributed by atoms with E-state index in [2.05, 4.69) is 4.90 Å². The number of rotatable bonds is 10. The summed E-state index contributed by atoms with van der Waals surface area (Å²) in [5.41, 5.74) is 0.740. The van der Waals surface area contributed by atoms with Gasteiger partial charge in [0, 0.05) is 49.5 Å². The third kappa shape index (κ3) is 5.89. The fourth-order valence-corrected chi connectivity index (χ4v) is 5.21. The number of morpholine rings is 1. The molecule has 0 saturated carbocycles. The molecular weight excluding hydrogens is 531 g/mol. The summed E-state index contributed by atoms with van der Waals surface area (Å²) in [6.45, 7) is 5.98. The van der Waals surface area contributed by atoms with Gasteiger partial charge in [-0.1, -0.05) is 11.6 Å². The number of benzene rings is 2. The van der Waals surface area contributed by atoms with E-state index in [0.29, 0.717) is 55.3 Å². The summed E-state index contributed by atoms with van der Waals surface area (Å²) in [5, 5.41) is 20.0. The van der Waals surface area contributed by atoms with Crippen LogP contribution in [0.4, 0.5) is 10.1 Å². The molecule has 2 unspecified atom stereocenters. The fraction of sp³-hybridized carbons (Fsp3) is 0.429. The highest BCUT2D eigenvalue weighted by Gasteiger charge is 2.25. The van der Waals surface area contributed by atoms with Gasteiger partial charge in [-0.2, -0.15) is 0 Å². The molecule has 0 bridgehead atoms. The summed E-state index contributed by atoms with van der Waals surface area (Å²) in [6.07, 6.45) is 0.767. The van der Waals surface area contributed by atoms with Crippen molar-refractivity contribution in [2.75, 3.05) is 51.5 Å². The zero-order valence-electron chi connectivity index (χ0n) is 22.1. The van der Waals surface area contributed by atoms with Crippen molar-refractivity contribution in [2.24, 2.45) is 0 Å². The summed E-state index contributed by atoms with van der Waals surface area (Å²) < 4.78 is 33.4. The summed E-state index contributed by atoms with van der Waals surface area (Å²) in [5.74, 6) is -1.62. The topological polar surface area (TPSA) is 110 Å². The van der Waals surface area contributed by atoms with Crippen LogP contribution in [0.25, 0.3) is 10.9 Å². The number of pyridine rings is 1. The van der Waals surface area contributed by atoms with Crippen LogP contribution in [-0.4, -0.2) is 73.5 Å². The first-order valence-corrected chi connectivity index (χ1v) is 13.1. The van der Waals surface area contributed by atoms with Crippen molar-refractivity contribution >= 4 is 34.2 Å². The SMILES string of the molecule is CCOC(C)C(CO)n1cc(C(=O)O)c(=O)c2cc(Cc3cc(N4CCOCC4)cc(Cl)c3F)c(OC)cc21. The third-order valence-electron chi connectivity index (χ3n) is 7.03. The first kappa shape index (κ1) is 28.8. The minimum absolute atomic E-state index is 0.0278. The second kappa shape index (κ2) is 12.3. The molecule has 0 spiro atoms. The second-order valence-electron chi connectivity index (χ2n) is 9.35. The average Bonchev–Trinajstić information content (AvgIpc) is 2.93. The molecule has 4 rings (SSSR count). The number of carboxylic acid groups (broad SMARTS) is 1. The molecule has 210 valence electrons. The van der Waals surface area contributed by atoms with Crippen molar-refractivity contribution in [1.29, 1.82) is 0 Å². The number of nitrogens with zero attached hydrogens (tertiary/aromatic N) is 2. The number of fused-ring (bicyclic) bond motifs is 1. The normalized spacial score (nSPS) is 15.4. The van der Waals surface area contributed by atoms with E-state index < -0.39 is 34.9 Å². The number of aromatic carboxylic acids is 1. The monoisotopic (exact) mass is 562 g/mol. The first-order chi connectivity index (χ1) is 18.7. The molecule has 3 aromatic rings. The lowest BCUT2D eigenvalue weighted by molar-refractivity contribution is 0.0183. The number of hydrogen-bond acceptors (Lipinski definition) is 7. The van der Waals surface area contributed by atoms with E-state index in [-0.39, 0.29) is 23.4 Å². The maximum absolute atomic E-state index is 15.2. The van der Waals surface area contributed by atoms with Gasteiger partial charge in [0.15, 0.2) is 0 Å². The molecule has 1 aliphatic heterocycles. The summed E-state index contributed by atoms with van der Waals surface area (Å²) in [6, 6.07) is 5.74. The number of aliphatic hydroxyl groups excluding tert-OH is 1. The molecule has 2 heterocycles. The number of hydrogen-bond donors (Lipinski definition) is 2. The number of ether oxygens (including phenoxy) is 3. The first-order valence-electron chi connectivity index (χ1n) is 12.7. The average molecular weight is 563 g/mol. The van der Waals surface area contributed by atoms with Gasteiger partial charge in [-0.15, -0.1) is 0 Å². The highest BCUT2D eigenvalue weighted by molar-refractivity contribution is 6.31. The molecule has 0 aliphatic carbocycles. The van der Waals surface area contributed by atoms with E-state index in [1.54, 1.807) is 25.1 Å². The zero-order valence-corrected chi connectivity index (χ0v) is 22.8. The number of halogens is 2. The number of anilines is 1. The molecule has 9 nitrogen and oxygen atoms in total.